The molecule has 1 aromatic heterocycles. The molecule has 11 aromatic carbocycles. The normalized spacial score (nSPS) is 13.1. The summed E-state index contributed by atoms with van der Waals surface area (Å²) in [5.74, 6) is 0.233. The highest BCUT2D eigenvalue weighted by atomic mass is 15.2. The van der Waals surface area contributed by atoms with Crippen molar-refractivity contribution >= 4 is 55.9 Å². The van der Waals surface area contributed by atoms with Crippen LogP contribution in [0, 0.1) is 0 Å². The average Bonchev–Trinajstić information content (AvgIpc) is 4.12. The molecule has 0 bridgehead atoms. The van der Waals surface area contributed by atoms with E-state index in [4.69, 9.17) is 0 Å². The first kappa shape index (κ1) is 48.2. The molecule has 2 aliphatic carbocycles. The van der Waals surface area contributed by atoms with Crippen LogP contribution in [0.25, 0.3) is 27.5 Å². The van der Waals surface area contributed by atoms with E-state index >= 15 is 0 Å². The monoisotopic (exact) mass is 1020 g/mol. The number of hydrogen-bond donors (Lipinski definition) is 0. The van der Waals surface area contributed by atoms with Gasteiger partial charge >= 0.3 is 0 Å². The van der Waals surface area contributed by atoms with Crippen LogP contribution in [0.4, 0.5) is 34.1 Å². The third-order valence-electron chi connectivity index (χ3n) is 16.9. The lowest BCUT2D eigenvalue weighted by Crippen LogP contribution is -2.12. The molecule has 0 saturated carbocycles. The van der Waals surface area contributed by atoms with Crippen molar-refractivity contribution in [1.82, 2.24) is 4.57 Å². The van der Waals surface area contributed by atoms with Crippen LogP contribution in [0.15, 0.2) is 273 Å². The fourth-order valence-electron chi connectivity index (χ4n) is 13.1. The van der Waals surface area contributed by atoms with E-state index in [0.29, 0.717) is 0 Å². The number of nitrogens with zero attached hydrogens (tertiary/aromatic N) is 3. The zero-order chi connectivity index (χ0) is 52.5. The molecule has 2 aliphatic rings. The largest absolute Gasteiger partial charge is 0.310 e. The van der Waals surface area contributed by atoms with Gasteiger partial charge in [-0.1, -0.05) is 188 Å². The third-order valence-corrected chi connectivity index (χ3v) is 16.9. The van der Waals surface area contributed by atoms with Crippen molar-refractivity contribution in [3.05, 3.63) is 329 Å². The smallest absolute Gasteiger partial charge is 0.0561 e. The number of rotatable bonds is 13. The molecule has 3 nitrogen and oxygen atoms in total. The number of benzene rings is 11. The van der Waals surface area contributed by atoms with E-state index in [0.717, 1.165) is 54.1 Å². The molecule has 0 spiro atoms. The SMILES string of the molecule is c1ccc(C(c2ccccc2)c2ccc(N(c3ccc4c(c3)CCCC4)c3ccc4c5ccc(N(c6ccc(C(c7ccccc7)c7ccccc7)cc6)c6ccc7c(c6)CCCC7)cc5n(-c5ccccc5)c4c3)cc2)cc1. The van der Waals surface area contributed by atoms with Crippen molar-refractivity contribution < 1.29 is 0 Å². The molecule has 0 aliphatic heterocycles. The van der Waals surface area contributed by atoms with E-state index in [-0.39, 0.29) is 11.8 Å². The van der Waals surface area contributed by atoms with Gasteiger partial charge in [-0.2, -0.15) is 0 Å². The van der Waals surface area contributed by atoms with Crippen LogP contribution in [0.3, 0.4) is 0 Å². The number of fused-ring (bicyclic) bond motifs is 5. The molecular formula is C76H63N3. The number of para-hydroxylation sites is 1. The second kappa shape index (κ2) is 21.3. The molecule has 1 heterocycles. The molecule has 14 rings (SSSR count). The van der Waals surface area contributed by atoms with Crippen LogP contribution in [0.1, 0.15) is 93.2 Å². The maximum Gasteiger partial charge on any atom is 0.0561 e. The van der Waals surface area contributed by atoms with Crippen molar-refractivity contribution in [2.45, 2.75) is 63.2 Å². The standard InChI is InChI=1S/C76H63N3/c1-6-22-56(23-7-1)75(57-24-8-2-9-25-57)60-36-40-65(41-37-60)77(67-44-34-54-20-16-18-30-62(54)50-67)69-46-48-71-72-49-47-70(53-74(72)79(73(71)52-69)64-32-14-5-15-33-64)78(68-45-35-55-21-17-19-31-63(55)51-68)66-42-38-61(39-43-66)76(58-26-10-3-11-27-58)59-28-12-4-13-29-59/h1-15,22-29,32-53,75-76H,16-21,30-31H2. The van der Waals surface area contributed by atoms with Crippen LogP contribution in [-0.4, -0.2) is 4.57 Å². The molecule has 12 aromatic rings. The van der Waals surface area contributed by atoms with E-state index in [2.05, 4.69) is 287 Å². The molecule has 0 unspecified atom stereocenters. The Hall–Kier alpha value is -9.18. The fourth-order valence-corrected chi connectivity index (χ4v) is 13.1. The van der Waals surface area contributed by atoms with Crippen LogP contribution in [-0.2, 0) is 25.7 Å². The summed E-state index contributed by atoms with van der Waals surface area (Å²) in [7, 11) is 0. The molecule has 0 atom stereocenters. The second-order valence-corrected chi connectivity index (χ2v) is 21.8. The zero-order valence-electron chi connectivity index (χ0n) is 44.6. The number of anilines is 6. The number of hydrogen-bond acceptors (Lipinski definition) is 2. The maximum absolute atomic E-state index is 2.49. The van der Waals surface area contributed by atoms with Gasteiger partial charge in [0.05, 0.1) is 11.0 Å². The van der Waals surface area contributed by atoms with Crippen LogP contribution in [0.5, 0.6) is 0 Å². The first-order chi connectivity index (χ1) is 39.2. The van der Waals surface area contributed by atoms with Gasteiger partial charge in [-0.3, -0.25) is 0 Å². The summed E-state index contributed by atoms with van der Waals surface area (Å²) in [5.41, 5.74) is 23.9. The highest BCUT2D eigenvalue weighted by Crippen LogP contribution is 2.45. The molecular weight excluding hydrogens is 955 g/mol. The van der Waals surface area contributed by atoms with E-state index in [1.807, 2.05) is 0 Å². The van der Waals surface area contributed by atoms with Crippen molar-refractivity contribution in [2.75, 3.05) is 9.80 Å². The topological polar surface area (TPSA) is 11.4 Å². The van der Waals surface area contributed by atoms with Crippen molar-refractivity contribution in [1.29, 1.82) is 0 Å². The number of aromatic nitrogens is 1. The lowest BCUT2D eigenvalue weighted by atomic mass is 9.85. The number of aryl methyl sites for hydroxylation is 4. The van der Waals surface area contributed by atoms with Crippen LogP contribution in [0.2, 0.25) is 0 Å². The summed E-state index contributed by atoms with van der Waals surface area (Å²) >= 11 is 0. The van der Waals surface area contributed by atoms with Gasteiger partial charge < -0.3 is 14.4 Å². The minimum atomic E-state index is 0.116. The summed E-state index contributed by atoms with van der Waals surface area (Å²) < 4.78 is 2.49. The Morgan fingerprint density at radius 2 is 0.544 bits per heavy atom. The van der Waals surface area contributed by atoms with Crippen molar-refractivity contribution in [3.8, 4) is 5.69 Å². The molecule has 0 fully saturated rings. The van der Waals surface area contributed by atoms with E-state index in [9.17, 15) is 0 Å². The molecule has 382 valence electrons. The minimum Gasteiger partial charge on any atom is -0.310 e. The second-order valence-electron chi connectivity index (χ2n) is 21.8. The van der Waals surface area contributed by atoms with Crippen molar-refractivity contribution in [2.24, 2.45) is 0 Å². The Balaban J connectivity index is 0.917. The summed E-state index contributed by atoms with van der Waals surface area (Å²) in [5, 5.41) is 2.45. The molecule has 0 saturated heterocycles. The van der Waals surface area contributed by atoms with Gasteiger partial charge in [-0.25, -0.2) is 0 Å². The summed E-state index contributed by atoms with van der Waals surface area (Å²) in [6.07, 6.45) is 9.50. The fraction of sp³-hybridized carbons (Fsp3) is 0.132. The van der Waals surface area contributed by atoms with Gasteiger partial charge in [0, 0.05) is 62.4 Å². The van der Waals surface area contributed by atoms with Gasteiger partial charge in [0.15, 0.2) is 0 Å². The highest BCUT2D eigenvalue weighted by molar-refractivity contribution is 6.11. The summed E-state index contributed by atoms with van der Waals surface area (Å²) in [4.78, 5) is 4.97. The molecule has 0 amide bonds. The Bertz CT molecular complexity index is 3730. The maximum atomic E-state index is 2.49. The predicted octanol–water partition coefficient (Wildman–Crippen LogP) is 19.8. The van der Waals surface area contributed by atoms with Gasteiger partial charge in [0.25, 0.3) is 0 Å². The van der Waals surface area contributed by atoms with Gasteiger partial charge in [-0.15, -0.1) is 0 Å². The third kappa shape index (κ3) is 9.40. The van der Waals surface area contributed by atoms with E-state index in [1.54, 1.807) is 0 Å². The zero-order valence-corrected chi connectivity index (χ0v) is 44.6. The Kier molecular flexibility index (Phi) is 13.0. The van der Waals surface area contributed by atoms with Crippen LogP contribution >= 0.6 is 0 Å². The summed E-state index contributed by atoms with van der Waals surface area (Å²) in [6, 6.07) is 102. The molecule has 3 heteroatoms. The van der Waals surface area contributed by atoms with Gasteiger partial charge in [0.1, 0.15) is 0 Å². The highest BCUT2D eigenvalue weighted by Gasteiger charge is 2.25. The lowest BCUT2D eigenvalue weighted by molar-refractivity contribution is 0.685. The van der Waals surface area contributed by atoms with Gasteiger partial charge in [-0.05, 0) is 192 Å². The van der Waals surface area contributed by atoms with E-state index in [1.165, 1.54) is 114 Å². The Labute approximate surface area is 465 Å². The average molecular weight is 1020 g/mol. The minimum absolute atomic E-state index is 0.116. The Morgan fingerprint density at radius 1 is 0.253 bits per heavy atom. The molecule has 0 N–H and O–H groups in total. The van der Waals surface area contributed by atoms with Gasteiger partial charge in [0.2, 0.25) is 0 Å². The van der Waals surface area contributed by atoms with E-state index < -0.39 is 0 Å². The van der Waals surface area contributed by atoms with Crippen LogP contribution < -0.4 is 9.80 Å². The predicted molar refractivity (Wildman–Crippen MR) is 331 cm³/mol. The summed E-state index contributed by atoms with van der Waals surface area (Å²) in [6.45, 7) is 0. The van der Waals surface area contributed by atoms with Crippen molar-refractivity contribution in [3.63, 3.8) is 0 Å². The molecule has 79 heavy (non-hydrogen) atoms. The first-order valence-corrected chi connectivity index (χ1v) is 28.6. The lowest BCUT2D eigenvalue weighted by Gasteiger charge is -2.28. The molecule has 0 radical (unpaired) electrons. The Morgan fingerprint density at radius 3 is 0.911 bits per heavy atom. The quantitative estimate of drug-likeness (QED) is 0.107. The first-order valence-electron chi connectivity index (χ1n) is 28.6.